The van der Waals surface area contributed by atoms with E-state index in [1.165, 1.54) is 22.4 Å². The number of piperazine rings is 1. The summed E-state index contributed by atoms with van der Waals surface area (Å²) in [6.07, 6.45) is 1.91. The topological polar surface area (TPSA) is 54.0 Å². The number of fused-ring (bicyclic) bond motifs is 1. The van der Waals surface area contributed by atoms with Gasteiger partial charge in [0.05, 0.1) is 19.8 Å². The predicted octanol–water partition coefficient (Wildman–Crippen LogP) is 4.76. The molecule has 2 heterocycles. The predicted molar refractivity (Wildman–Crippen MR) is 147 cm³/mol. The highest BCUT2D eigenvalue weighted by Crippen LogP contribution is 2.31. The molecule has 6 heteroatoms. The zero-order chi connectivity index (χ0) is 25.6. The molecule has 3 aromatic carbocycles. The molecule has 0 radical (unpaired) electrons. The lowest BCUT2D eigenvalue weighted by Crippen LogP contribution is -2.46. The number of carbonyl (C=O) groups excluding carboxylic acids is 1. The molecule has 3 aromatic rings. The molecule has 1 atom stereocenters. The fraction of sp³-hybridized carbons (Fsp3) is 0.387. The molecule has 0 saturated carbocycles. The van der Waals surface area contributed by atoms with Gasteiger partial charge in [0.15, 0.2) is 0 Å². The number of rotatable bonds is 8. The van der Waals surface area contributed by atoms with Gasteiger partial charge in [0.1, 0.15) is 5.75 Å². The summed E-state index contributed by atoms with van der Waals surface area (Å²) in [7, 11) is 1.70. The molecule has 1 N–H and O–H groups in total. The van der Waals surface area contributed by atoms with Crippen molar-refractivity contribution >= 4 is 11.6 Å². The summed E-state index contributed by atoms with van der Waals surface area (Å²) in [5.41, 5.74) is 6.79. The number of hydrogen-bond acceptors (Lipinski definition) is 5. The van der Waals surface area contributed by atoms with Gasteiger partial charge in [0.2, 0.25) is 0 Å². The second-order valence-corrected chi connectivity index (χ2v) is 9.95. The minimum absolute atomic E-state index is 0.0242. The van der Waals surface area contributed by atoms with Crippen molar-refractivity contribution in [3.8, 4) is 5.75 Å². The maximum atomic E-state index is 12.8. The Morgan fingerprint density at radius 1 is 1.03 bits per heavy atom. The van der Waals surface area contributed by atoms with Crippen molar-refractivity contribution in [2.75, 3.05) is 51.3 Å². The lowest BCUT2D eigenvalue weighted by atomic mass is 9.93. The second kappa shape index (κ2) is 11.8. The number of carbonyl (C=O) groups is 1. The molecular weight excluding hydrogens is 462 g/mol. The Bertz CT molecular complexity index is 1200. The van der Waals surface area contributed by atoms with Gasteiger partial charge < -0.3 is 19.7 Å². The Morgan fingerprint density at radius 3 is 2.57 bits per heavy atom. The fourth-order valence-electron chi connectivity index (χ4n) is 5.33. The minimum atomic E-state index is -0.0242. The molecule has 194 valence electrons. The summed E-state index contributed by atoms with van der Waals surface area (Å²) in [6, 6.07) is 22.6. The molecule has 1 fully saturated rings. The van der Waals surface area contributed by atoms with Crippen molar-refractivity contribution in [3.63, 3.8) is 0 Å². The van der Waals surface area contributed by atoms with E-state index < -0.39 is 0 Å². The van der Waals surface area contributed by atoms with Crippen LogP contribution >= 0.6 is 0 Å². The maximum absolute atomic E-state index is 12.8. The summed E-state index contributed by atoms with van der Waals surface area (Å²) in [5, 5.41) is 3.08. The van der Waals surface area contributed by atoms with E-state index in [2.05, 4.69) is 58.4 Å². The number of nitrogens with zero attached hydrogens (tertiary/aromatic N) is 2. The van der Waals surface area contributed by atoms with Gasteiger partial charge in [0.25, 0.3) is 5.91 Å². The highest BCUT2D eigenvalue weighted by atomic mass is 16.5. The number of hydrogen-bond donors (Lipinski definition) is 1. The standard InChI is InChI=1S/C31H37N3O3/c1-23-5-3-4-6-26(23)22-32-31(35)25-7-12-29-24(21-25)14-20-37-30(29)13-15-33-16-18-34(19-17-33)27-8-10-28(36-2)11-9-27/h3-12,21,30H,13-20,22H2,1-2H3,(H,32,35). The van der Waals surface area contributed by atoms with Crippen molar-refractivity contribution in [2.24, 2.45) is 0 Å². The molecule has 0 bridgehead atoms. The first kappa shape index (κ1) is 25.3. The molecule has 2 aliphatic rings. The Hall–Kier alpha value is -3.35. The first-order valence-corrected chi connectivity index (χ1v) is 13.3. The summed E-state index contributed by atoms with van der Waals surface area (Å²) in [6.45, 7) is 8.47. The van der Waals surface area contributed by atoms with Crippen LogP contribution in [0.3, 0.4) is 0 Å². The highest BCUT2D eigenvalue weighted by molar-refractivity contribution is 5.94. The third-order valence-electron chi connectivity index (χ3n) is 7.66. The van der Waals surface area contributed by atoms with Crippen molar-refractivity contribution < 1.29 is 14.3 Å². The molecule has 2 aliphatic heterocycles. The summed E-state index contributed by atoms with van der Waals surface area (Å²) in [5.74, 6) is 0.869. The van der Waals surface area contributed by atoms with E-state index >= 15 is 0 Å². The van der Waals surface area contributed by atoms with Gasteiger partial charge in [-0.25, -0.2) is 0 Å². The lowest BCUT2D eigenvalue weighted by molar-refractivity contribution is 0.0288. The Morgan fingerprint density at radius 2 is 1.81 bits per heavy atom. The quantitative estimate of drug-likeness (QED) is 0.484. The average Bonchev–Trinajstić information content (AvgIpc) is 2.95. The second-order valence-electron chi connectivity index (χ2n) is 9.95. The van der Waals surface area contributed by atoms with Crippen LogP contribution < -0.4 is 15.0 Å². The Balaban J connectivity index is 1.13. The maximum Gasteiger partial charge on any atom is 0.251 e. The van der Waals surface area contributed by atoms with Crippen LogP contribution in [0.4, 0.5) is 5.69 Å². The summed E-state index contributed by atoms with van der Waals surface area (Å²) >= 11 is 0. The number of benzene rings is 3. The SMILES string of the molecule is COc1ccc(N2CCN(CCC3OCCc4cc(C(=O)NCc5ccccc5C)ccc43)CC2)cc1. The molecular formula is C31H37N3O3. The van der Waals surface area contributed by atoms with Gasteiger partial charge in [-0.05, 0) is 78.4 Å². The number of nitrogens with one attached hydrogen (secondary N) is 1. The van der Waals surface area contributed by atoms with E-state index in [0.717, 1.165) is 62.4 Å². The monoisotopic (exact) mass is 499 g/mol. The Labute approximate surface area is 220 Å². The van der Waals surface area contributed by atoms with Gasteiger partial charge in [0, 0.05) is 50.5 Å². The normalized spacial score (nSPS) is 17.8. The van der Waals surface area contributed by atoms with Crippen molar-refractivity contribution in [1.29, 1.82) is 0 Å². The van der Waals surface area contributed by atoms with Crippen LogP contribution in [0, 0.1) is 6.92 Å². The van der Waals surface area contributed by atoms with Crippen LogP contribution in [0.2, 0.25) is 0 Å². The average molecular weight is 500 g/mol. The first-order chi connectivity index (χ1) is 18.1. The zero-order valence-electron chi connectivity index (χ0n) is 21.9. The zero-order valence-corrected chi connectivity index (χ0v) is 21.9. The van der Waals surface area contributed by atoms with Gasteiger partial charge in [-0.2, -0.15) is 0 Å². The van der Waals surface area contributed by atoms with Crippen molar-refractivity contribution in [3.05, 3.63) is 94.5 Å². The van der Waals surface area contributed by atoms with Crippen LogP contribution in [0.1, 0.15) is 45.1 Å². The first-order valence-electron chi connectivity index (χ1n) is 13.3. The number of ether oxygens (including phenoxy) is 2. The lowest BCUT2D eigenvalue weighted by Gasteiger charge is -2.37. The molecule has 6 nitrogen and oxygen atoms in total. The van der Waals surface area contributed by atoms with Gasteiger partial charge in [-0.3, -0.25) is 9.69 Å². The van der Waals surface area contributed by atoms with Gasteiger partial charge >= 0.3 is 0 Å². The van der Waals surface area contributed by atoms with E-state index in [-0.39, 0.29) is 12.0 Å². The number of anilines is 1. The fourth-order valence-corrected chi connectivity index (χ4v) is 5.33. The van der Waals surface area contributed by atoms with E-state index in [1.54, 1.807) is 7.11 Å². The van der Waals surface area contributed by atoms with E-state index in [4.69, 9.17) is 9.47 Å². The number of methoxy groups -OCH3 is 1. The molecule has 5 rings (SSSR count). The molecule has 0 aromatic heterocycles. The van der Waals surface area contributed by atoms with Crippen molar-refractivity contribution in [1.82, 2.24) is 10.2 Å². The third-order valence-corrected chi connectivity index (χ3v) is 7.66. The molecule has 1 amide bonds. The minimum Gasteiger partial charge on any atom is -0.497 e. The summed E-state index contributed by atoms with van der Waals surface area (Å²) < 4.78 is 11.5. The molecule has 0 spiro atoms. The molecule has 37 heavy (non-hydrogen) atoms. The third kappa shape index (κ3) is 6.14. The number of aryl methyl sites for hydroxylation is 1. The van der Waals surface area contributed by atoms with Crippen LogP contribution in [-0.2, 0) is 17.7 Å². The molecule has 1 unspecified atom stereocenters. The van der Waals surface area contributed by atoms with E-state index in [1.807, 2.05) is 30.3 Å². The number of amides is 1. The van der Waals surface area contributed by atoms with E-state index in [9.17, 15) is 4.79 Å². The summed E-state index contributed by atoms with van der Waals surface area (Å²) in [4.78, 5) is 17.8. The van der Waals surface area contributed by atoms with Crippen LogP contribution in [-0.4, -0.2) is 57.2 Å². The van der Waals surface area contributed by atoms with Gasteiger partial charge in [-0.15, -0.1) is 0 Å². The smallest absolute Gasteiger partial charge is 0.251 e. The van der Waals surface area contributed by atoms with Crippen LogP contribution in [0.25, 0.3) is 0 Å². The molecule has 1 saturated heterocycles. The largest absolute Gasteiger partial charge is 0.497 e. The van der Waals surface area contributed by atoms with Crippen molar-refractivity contribution in [2.45, 2.75) is 32.4 Å². The highest BCUT2D eigenvalue weighted by Gasteiger charge is 2.24. The van der Waals surface area contributed by atoms with Crippen LogP contribution in [0.5, 0.6) is 5.75 Å². The van der Waals surface area contributed by atoms with E-state index in [0.29, 0.717) is 13.2 Å². The Kier molecular flexibility index (Phi) is 8.07. The van der Waals surface area contributed by atoms with Crippen LogP contribution in [0.15, 0.2) is 66.7 Å². The van der Waals surface area contributed by atoms with Gasteiger partial charge in [-0.1, -0.05) is 30.3 Å². The molecule has 0 aliphatic carbocycles.